The van der Waals surface area contributed by atoms with E-state index in [0.29, 0.717) is 0 Å². The summed E-state index contributed by atoms with van der Waals surface area (Å²) in [5.74, 6) is 0. The van der Waals surface area contributed by atoms with E-state index >= 15 is 0 Å². The lowest BCUT2D eigenvalue weighted by atomic mass is 10.3. The van der Waals surface area contributed by atoms with Gasteiger partial charge in [0, 0.05) is 0 Å². The Bertz CT molecular complexity index is 258. The van der Waals surface area contributed by atoms with Crippen molar-refractivity contribution in [2.24, 2.45) is 0 Å². The molecule has 24 heavy (non-hydrogen) atoms. The summed E-state index contributed by atoms with van der Waals surface area (Å²) in [7, 11) is -1.75. The minimum atomic E-state index is -1.75. The average molecular weight is 355 g/mol. The third kappa shape index (κ3) is 7.84. The van der Waals surface area contributed by atoms with Crippen molar-refractivity contribution in [3.63, 3.8) is 0 Å². The van der Waals surface area contributed by atoms with Crippen molar-refractivity contribution in [3.05, 3.63) is 12.3 Å². The van der Waals surface area contributed by atoms with Crippen molar-refractivity contribution < 1.29 is 0 Å². The van der Waals surface area contributed by atoms with Gasteiger partial charge in [-0.3, -0.25) is 0 Å². The molecule has 0 aliphatic heterocycles. The molecule has 0 aromatic carbocycles. The fourth-order valence-electron chi connectivity index (χ4n) is 3.64. The molecule has 0 spiro atoms. The monoisotopic (exact) mass is 354 g/mol. The van der Waals surface area contributed by atoms with Crippen molar-refractivity contribution in [2.45, 2.75) is 98.5 Å². The Balaban J connectivity index is 5.53. The molecule has 0 aliphatic carbocycles. The van der Waals surface area contributed by atoms with Gasteiger partial charge in [-0.2, -0.15) is 0 Å². The van der Waals surface area contributed by atoms with Crippen molar-refractivity contribution >= 4 is 8.40 Å². The maximum absolute atomic E-state index is 4.40. The first kappa shape index (κ1) is 23.9. The summed E-state index contributed by atoms with van der Waals surface area (Å²) in [6.45, 7) is 21.1. The lowest BCUT2D eigenvalue weighted by Crippen LogP contribution is -2.65. The summed E-state index contributed by atoms with van der Waals surface area (Å²) in [6, 6.07) is 1.34. The molecule has 0 bridgehead atoms. The van der Waals surface area contributed by atoms with E-state index < -0.39 is 8.40 Å². The van der Waals surface area contributed by atoms with Gasteiger partial charge in [0.05, 0.1) is 0 Å². The van der Waals surface area contributed by atoms with E-state index in [0.717, 1.165) is 0 Å². The van der Waals surface area contributed by atoms with Gasteiger partial charge in [-0.05, 0) is 57.9 Å². The van der Waals surface area contributed by atoms with E-state index in [4.69, 9.17) is 0 Å². The van der Waals surface area contributed by atoms with Crippen molar-refractivity contribution in [1.29, 1.82) is 0 Å². The lowest BCUT2D eigenvalue weighted by Gasteiger charge is -2.48. The standard InChI is InChI=1S/C21H46N2Si/c1-7-13-17-22(18-14-8-2)24(12-6,21-11-5)23(19-15-9-3)20-16-10-4/h12H,6-11,13-21H2,1-5H3. The van der Waals surface area contributed by atoms with Crippen LogP contribution in [0.4, 0.5) is 0 Å². The Morgan fingerprint density at radius 2 is 0.958 bits per heavy atom. The zero-order valence-electron chi connectivity index (χ0n) is 17.6. The van der Waals surface area contributed by atoms with Gasteiger partial charge in [0.25, 0.3) is 0 Å². The van der Waals surface area contributed by atoms with Gasteiger partial charge < -0.3 is 9.13 Å². The van der Waals surface area contributed by atoms with Crippen LogP contribution in [0.5, 0.6) is 0 Å². The van der Waals surface area contributed by atoms with Crippen LogP contribution in [0.15, 0.2) is 12.3 Å². The molecule has 0 aromatic rings. The SMILES string of the molecule is C=C[Si](CCC)(N(CCCC)CCCC)N(CCCC)CCCC. The Hall–Kier alpha value is -0.123. The smallest absolute Gasteiger partial charge is 0.231 e. The van der Waals surface area contributed by atoms with E-state index in [2.05, 4.69) is 56.0 Å². The molecule has 0 aliphatic rings. The summed E-state index contributed by atoms with van der Waals surface area (Å²) in [4.78, 5) is 0. The molecule has 0 radical (unpaired) electrons. The number of unbranched alkanes of at least 4 members (excludes halogenated alkanes) is 4. The fourth-order valence-corrected chi connectivity index (χ4v) is 8.31. The summed E-state index contributed by atoms with van der Waals surface area (Å²) in [6.07, 6.45) is 11.7. The fraction of sp³-hybridized carbons (Fsp3) is 0.905. The molecule has 0 saturated carbocycles. The average Bonchev–Trinajstić information content (AvgIpc) is 2.60. The van der Waals surface area contributed by atoms with Gasteiger partial charge >= 0.3 is 0 Å². The molecular formula is C21H46N2Si. The quantitative estimate of drug-likeness (QED) is 0.280. The predicted octanol–water partition coefficient (Wildman–Crippen LogP) is 6.37. The van der Waals surface area contributed by atoms with Crippen LogP contribution in [-0.2, 0) is 0 Å². The van der Waals surface area contributed by atoms with E-state index in [9.17, 15) is 0 Å². The topological polar surface area (TPSA) is 6.48 Å². The molecule has 0 atom stereocenters. The molecule has 0 amide bonds. The molecule has 0 fully saturated rings. The van der Waals surface area contributed by atoms with Crippen LogP contribution in [0, 0.1) is 0 Å². The van der Waals surface area contributed by atoms with Gasteiger partial charge in [0.15, 0.2) is 0 Å². The molecule has 2 nitrogen and oxygen atoms in total. The lowest BCUT2D eigenvalue weighted by molar-refractivity contribution is 0.309. The van der Waals surface area contributed by atoms with E-state index in [1.54, 1.807) is 0 Å². The Labute approximate surface area is 154 Å². The maximum Gasteiger partial charge on any atom is 0.231 e. The predicted molar refractivity (Wildman–Crippen MR) is 114 cm³/mol. The van der Waals surface area contributed by atoms with Gasteiger partial charge in [-0.1, -0.05) is 72.4 Å². The number of rotatable bonds is 17. The minimum Gasteiger partial charge on any atom is -0.308 e. The van der Waals surface area contributed by atoms with Gasteiger partial charge in [-0.15, -0.1) is 6.58 Å². The van der Waals surface area contributed by atoms with Crippen molar-refractivity contribution in [3.8, 4) is 0 Å². The second kappa shape index (κ2) is 15.2. The largest absolute Gasteiger partial charge is 0.308 e. The summed E-state index contributed by atoms with van der Waals surface area (Å²) in [5.41, 5.74) is 2.42. The Morgan fingerprint density at radius 3 is 1.17 bits per heavy atom. The third-order valence-electron chi connectivity index (χ3n) is 5.17. The molecule has 0 heterocycles. The zero-order valence-corrected chi connectivity index (χ0v) is 18.6. The van der Waals surface area contributed by atoms with Crippen LogP contribution in [0.2, 0.25) is 6.04 Å². The first-order valence-corrected chi connectivity index (χ1v) is 13.0. The summed E-state index contributed by atoms with van der Waals surface area (Å²) < 4.78 is 5.81. The van der Waals surface area contributed by atoms with Crippen molar-refractivity contribution in [2.75, 3.05) is 26.2 Å². The molecule has 144 valence electrons. The molecule has 0 saturated heterocycles. The molecule has 0 aromatic heterocycles. The summed E-state index contributed by atoms with van der Waals surface area (Å²) in [5, 5.41) is 0. The molecule has 0 rings (SSSR count). The molecule has 3 heteroatoms. The van der Waals surface area contributed by atoms with Gasteiger partial charge in [-0.25, -0.2) is 0 Å². The zero-order chi connectivity index (χ0) is 18.3. The van der Waals surface area contributed by atoms with Gasteiger partial charge in [0.1, 0.15) is 0 Å². The maximum atomic E-state index is 4.40. The highest BCUT2D eigenvalue weighted by Gasteiger charge is 2.41. The molecular weight excluding hydrogens is 308 g/mol. The second-order valence-electron chi connectivity index (χ2n) is 7.22. The first-order chi connectivity index (χ1) is 11.7. The Morgan fingerprint density at radius 1 is 0.625 bits per heavy atom. The number of nitrogens with zero attached hydrogens (tertiary/aromatic N) is 2. The van der Waals surface area contributed by atoms with E-state index in [1.165, 1.54) is 90.0 Å². The van der Waals surface area contributed by atoms with Crippen LogP contribution in [0.25, 0.3) is 0 Å². The van der Waals surface area contributed by atoms with Crippen LogP contribution >= 0.6 is 0 Å². The Kier molecular flexibility index (Phi) is 15.1. The van der Waals surface area contributed by atoms with Crippen LogP contribution in [0.3, 0.4) is 0 Å². The van der Waals surface area contributed by atoms with E-state index in [-0.39, 0.29) is 0 Å². The van der Waals surface area contributed by atoms with Crippen LogP contribution in [-0.4, -0.2) is 43.7 Å². The highest BCUT2D eigenvalue weighted by Crippen LogP contribution is 2.26. The van der Waals surface area contributed by atoms with Crippen LogP contribution < -0.4 is 0 Å². The molecule has 0 unspecified atom stereocenters. The second-order valence-corrected chi connectivity index (χ2v) is 11.2. The number of hydrogen-bond acceptors (Lipinski definition) is 2. The highest BCUT2D eigenvalue weighted by molar-refractivity contribution is 6.79. The first-order valence-electron chi connectivity index (χ1n) is 10.8. The third-order valence-corrected chi connectivity index (χ3v) is 10.1. The van der Waals surface area contributed by atoms with Crippen LogP contribution in [0.1, 0.15) is 92.4 Å². The van der Waals surface area contributed by atoms with Gasteiger partial charge in [0.2, 0.25) is 8.40 Å². The summed E-state index contributed by atoms with van der Waals surface area (Å²) >= 11 is 0. The minimum absolute atomic E-state index is 1.27. The van der Waals surface area contributed by atoms with E-state index in [1.807, 2.05) is 0 Å². The molecule has 0 N–H and O–H groups in total. The van der Waals surface area contributed by atoms with Crippen molar-refractivity contribution in [1.82, 2.24) is 9.13 Å². The normalized spacial score (nSPS) is 12.3. The number of hydrogen-bond donors (Lipinski definition) is 0. The highest BCUT2D eigenvalue weighted by atomic mass is 28.3.